The van der Waals surface area contributed by atoms with Crippen LogP contribution in [-0.2, 0) is 0 Å². The zero-order valence-corrected chi connectivity index (χ0v) is 11.4. The number of anilines is 1. The number of rotatable bonds is 5. The highest BCUT2D eigenvalue weighted by molar-refractivity contribution is 6.00. The van der Waals surface area contributed by atoms with E-state index in [1.165, 1.54) is 17.0 Å². The van der Waals surface area contributed by atoms with Crippen molar-refractivity contribution in [3.8, 4) is 0 Å². The van der Waals surface area contributed by atoms with Crippen molar-refractivity contribution in [2.45, 2.75) is 19.9 Å². The van der Waals surface area contributed by atoms with Gasteiger partial charge in [0.05, 0.1) is 5.69 Å². The van der Waals surface area contributed by atoms with Crippen LogP contribution >= 0.6 is 0 Å². The molecule has 0 aliphatic carbocycles. The number of hydrogen-bond acceptors (Lipinski definition) is 2. The zero-order chi connectivity index (χ0) is 15.3. The molecule has 1 rings (SSSR count). The van der Waals surface area contributed by atoms with Gasteiger partial charge in [0.2, 0.25) is 0 Å². The van der Waals surface area contributed by atoms with E-state index >= 15 is 0 Å². The summed E-state index contributed by atoms with van der Waals surface area (Å²) in [5.41, 5.74) is -0.625. The second kappa shape index (κ2) is 6.70. The van der Waals surface area contributed by atoms with Crippen LogP contribution in [0.15, 0.2) is 30.9 Å². The first-order valence-electron chi connectivity index (χ1n) is 6.08. The Morgan fingerprint density at radius 3 is 2.65 bits per heavy atom. The third-order valence-electron chi connectivity index (χ3n) is 2.68. The Bertz CT molecular complexity index is 529. The van der Waals surface area contributed by atoms with Crippen LogP contribution in [0.3, 0.4) is 0 Å². The predicted molar refractivity (Wildman–Crippen MR) is 74.4 cm³/mol. The van der Waals surface area contributed by atoms with Gasteiger partial charge in [-0.15, -0.1) is 6.58 Å². The van der Waals surface area contributed by atoms with Crippen LogP contribution in [-0.4, -0.2) is 34.6 Å². The molecule has 1 aromatic carbocycles. The molecule has 0 bridgehead atoms. The van der Waals surface area contributed by atoms with Gasteiger partial charge in [-0.3, -0.25) is 0 Å². The van der Waals surface area contributed by atoms with Gasteiger partial charge < -0.3 is 15.3 Å². The molecule has 0 spiro atoms. The molecule has 0 aromatic heterocycles. The van der Waals surface area contributed by atoms with E-state index in [-0.39, 0.29) is 11.7 Å². The molecule has 0 radical (unpaired) electrons. The smallest absolute Gasteiger partial charge is 0.340 e. The molecular formula is C14H17FN2O3. The number of amides is 2. The number of aromatic carboxylic acids is 1. The first-order valence-corrected chi connectivity index (χ1v) is 6.08. The molecule has 0 saturated carbocycles. The maximum Gasteiger partial charge on any atom is 0.340 e. The fourth-order valence-electron chi connectivity index (χ4n) is 1.70. The summed E-state index contributed by atoms with van der Waals surface area (Å²) < 4.78 is 13.5. The lowest BCUT2D eigenvalue weighted by Crippen LogP contribution is -2.40. The number of benzene rings is 1. The summed E-state index contributed by atoms with van der Waals surface area (Å²) in [6.07, 6.45) is 1.56. The third-order valence-corrected chi connectivity index (χ3v) is 2.68. The summed E-state index contributed by atoms with van der Waals surface area (Å²) in [5, 5.41) is 11.4. The molecule has 2 amide bonds. The lowest BCUT2D eigenvalue weighted by molar-refractivity contribution is 0.0693. The van der Waals surface area contributed by atoms with E-state index in [9.17, 15) is 14.0 Å². The summed E-state index contributed by atoms with van der Waals surface area (Å²) in [6, 6.07) is 3.10. The average molecular weight is 280 g/mol. The maximum atomic E-state index is 13.5. The van der Waals surface area contributed by atoms with Crippen molar-refractivity contribution in [2.24, 2.45) is 0 Å². The highest BCUT2D eigenvalue weighted by Gasteiger charge is 2.20. The number of hydrogen-bond donors (Lipinski definition) is 2. The Morgan fingerprint density at radius 1 is 1.50 bits per heavy atom. The standard InChI is InChI=1S/C14H17FN2O3/c1-4-8-17(9(2)3)14(20)16-11-7-5-6-10(15)12(11)13(18)19/h4-7,9H,1,8H2,2-3H3,(H,16,20)(H,18,19). The van der Waals surface area contributed by atoms with E-state index in [0.717, 1.165) is 6.07 Å². The number of urea groups is 1. The molecule has 6 heteroatoms. The Hall–Kier alpha value is -2.37. The van der Waals surface area contributed by atoms with E-state index < -0.39 is 23.4 Å². The fourth-order valence-corrected chi connectivity index (χ4v) is 1.70. The summed E-state index contributed by atoms with van der Waals surface area (Å²) >= 11 is 0. The van der Waals surface area contributed by atoms with Gasteiger partial charge in [-0.1, -0.05) is 12.1 Å². The van der Waals surface area contributed by atoms with Crippen LogP contribution < -0.4 is 5.32 Å². The second-order valence-electron chi connectivity index (χ2n) is 4.43. The summed E-state index contributed by atoms with van der Waals surface area (Å²) in [4.78, 5) is 24.6. The Labute approximate surface area is 116 Å². The van der Waals surface area contributed by atoms with Gasteiger partial charge in [-0.2, -0.15) is 0 Å². The van der Waals surface area contributed by atoms with Crippen LogP contribution in [0.1, 0.15) is 24.2 Å². The number of carbonyl (C=O) groups is 2. The second-order valence-corrected chi connectivity index (χ2v) is 4.43. The summed E-state index contributed by atoms with van der Waals surface area (Å²) in [7, 11) is 0. The topological polar surface area (TPSA) is 69.6 Å². The minimum atomic E-state index is -1.43. The molecule has 2 N–H and O–H groups in total. The molecule has 0 aliphatic heterocycles. The van der Waals surface area contributed by atoms with Crippen LogP contribution in [0.2, 0.25) is 0 Å². The lowest BCUT2D eigenvalue weighted by atomic mass is 10.1. The molecule has 0 aliphatic rings. The van der Waals surface area contributed by atoms with Gasteiger partial charge in [0.15, 0.2) is 0 Å². The molecule has 0 heterocycles. The van der Waals surface area contributed by atoms with Gasteiger partial charge in [0, 0.05) is 12.6 Å². The van der Waals surface area contributed by atoms with Crippen molar-refractivity contribution >= 4 is 17.7 Å². The average Bonchev–Trinajstić information content (AvgIpc) is 2.34. The summed E-state index contributed by atoms with van der Waals surface area (Å²) in [5.74, 6) is -2.33. The lowest BCUT2D eigenvalue weighted by Gasteiger charge is -2.25. The summed E-state index contributed by atoms with van der Waals surface area (Å²) in [6.45, 7) is 7.49. The van der Waals surface area contributed by atoms with E-state index in [0.29, 0.717) is 6.54 Å². The van der Waals surface area contributed by atoms with Gasteiger partial charge in [-0.25, -0.2) is 14.0 Å². The van der Waals surface area contributed by atoms with Crippen LogP contribution in [0.25, 0.3) is 0 Å². The minimum Gasteiger partial charge on any atom is -0.478 e. The van der Waals surface area contributed by atoms with Crippen molar-refractivity contribution in [1.82, 2.24) is 4.90 Å². The van der Waals surface area contributed by atoms with Crippen molar-refractivity contribution in [1.29, 1.82) is 0 Å². The zero-order valence-electron chi connectivity index (χ0n) is 11.4. The van der Waals surface area contributed by atoms with Crippen molar-refractivity contribution in [3.63, 3.8) is 0 Å². The van der Waals surface area contributed by atoms with E-state index in [4.69, 9.17) is 5.11 Å². The first kappa shape index (κ1) is 15.7. The number of carboxylic acid groups (broad SMARTS) is 1. The van der Waals surface area contributed by atoms with Gasteiger partial charge in [0.25, 0.3) is 0 Å². The van der Waals surface area contributed by atoms with E-state index in [2.05, 4.69) is 11.9 Å². The number of carbonyl (C=O) groups excluding carboxylic acids is 1. The number of halogens is 1. The van der Waals surface area contributed by atoms with E-state index in [1.54, 1.807) is 6.08 Å². The van der Waals surface area contributed by atoms with E-state index in [1.807, 2.05) is 13.8 Å². The molecule has 0 saturated heterocycles. The molecule has 0 fully saturated rings. The normalized spacial score (nSPS) is 10.2. The molecular weight excluding hydrogens is 263 g/mol. The molecule has 108 valence electrons. The SMILES string of the molecule is C=CCN(C(=O)Nc1cccc(F)c1C(=O)O)C(C)C. The monoisotopic (exact) mass is 280 g/mol. The van der Waals surface area contributed by atoms with Crippen LogP contribution in [0.4, 0.5) is 14.9 Å². The molecule has 0 atom stereocenters. The van der Waals surface area contributed by atoms with Gasteiger partial charge >= 0.3 is 12.0 Å². The highest BCUT2D eigenvalue weighted by atomic mass is 19.1. The number of carboxylic acids is 1. The predicted octanol–water partition coefficient (Wildman–Crippen LogP) is 2.95. The van der Waals surface area contributed by atoms with Gasteiger partial charge in [-0.05, 0) is 26.0 Å². The highest BCUT2D eigenvalue weighted by Crippen LogP contribution is 2.19. The fraction of sp³-hybridized carbons (Fsp3) is 0.286. The quantitative estimate of drug-likeness (QED) is 0.815. The Kier molecular flexibility index (Phi) is 5.25. The van der Waals surface area contributed by atoms with Crippen LogP contribution in [0.5, 0.6) is 0 Å². The minimum absolute atomic E-state index is 0.0720. The van der Waals surface area contributed by atoms with Crippen LogP contribution in [0, 0.1) is 5.82 Å². The molecule has 0 unspecified atom stereocenters. The van der Waals surface area contributed by atoms with Gasteiger partial charge in [0.1, 0.15) is 11.4 Å². The first-order chi connectivity index (χ1) is 9.38. The Morgan fingerprint density at radius 2 is 2.15 bits per heavy atom. The largest absolute Gasteiger partial charge is 0.478 e. The Balaban J connectivity index is 3.04. The molecule has 1 aromatic rings. The van der Waals surface area contributed by atoms with Crippen molar-refractivity contribution in [3.05, 3.63) is 42.2 Å². The molecule has 20 heavy (non-hydrogen) atoms. The third kappa shape index (κ3) is 3.57. The van der Waals surface area contributed by atoms with Crippen molar-refractivity contribution < 1.29 is 19.1 Å². The van der Waals surface area contributed by atoms with Crippen molar-refractivity contribution in [2.75, 3.05) is 11.9 Å². The number of nitrogens with one attached hydrogen (secondary N) is 1. The molecule has 5 nitrogen and oxygen atoms in total. The maximum absolute atomic E-state index is 13.5. The number of nitrogens with zero attached hydrogens (tertiary/aromatic N) is 1.